The van der Waals surface area contributed by atoms with Gasteiger partial charge in [0.25, 0.3) is 10.2 Å². The topological polar surface area (TPSA) is 82.2 Å². The first-order valence-electron chi connectivity index (χ1n) is 7.53. The lowest BCUT2D eigenvalue weighted by Gasteiger charge is -2.47. The van der Waals surface area contributed by atoms with E-state index in [-0.39, 0.29) is 12.1 Å². The summed E-state index contributed by atoms with van der Waals surface area (Å²) in [5.74, 6) is 0. The summed E-state index contributed by atoms with van der Waals surface area (Å²) in [5, 5.41) is 0. The van der Waals surface area contributed by atoms with Gasteiger partial charge in [-0.25, -0.2) is 9.52 Å². The van der Waals surface area contributed by atoms with Crippen molar-refractivity contribution < 1.29 is 17.9 Å². The maximum Gasteiger partial charge on any atom is 0.410 e. The summed E-state index contributed by atoms with van der Waals surface area (Å²) in [4.78, 5) is 15.9. The summed E-state index contributed by atoms with van der Waals surface area (Å²) in [7, 11) is -1.89. The van der Waals surface area contributed by atoms with E-state index in [1.807, 2.05) is 20.8 Å². The predicted octanol–water partition coefficient (Wildman–Crippen LogP) is -0.312. The molecule has 0 aromatic rings. The van der Waals surface area contributed by atoms with Gasteiger partial charge < -0.3 is 9.64 Å². The van der Waals surface area contributed by atoms with Crippen LogP contribution in [0, 0.1) is 0 Å². The van der Waals surface area contributed by atoms with Gasteiger partial charge in [0.2, 0.25) is 0 Å². The predicted molar refractivity (Wildman–Crippen MR) is 82.7 cm³/mol. The van der Waals surface area contributed by atoms with Crippen LogP contribution in [-0.2, 0) is 14.9 Å². The summed E-state index contributed by atoms with van der Waals surface area (Å²) in [6.07, 6.45) is -0.278. The molecule has 0 unspecified atom stereocenters. The van der Waals surface area contributed by atoms with E-state index in [1.54, 1.807) is 4.90 Å². The number of nitrogens with zero attached hydrogens (tertiary/aromatic N) is 3. The third kappa shape index (κ3) is 4.09. The third-order valence-electron chi connectivity index (χ3n) is 3.91. The van der Waals surface area contributed by atoms with Crippen LogP contribution in [0.3, 0.4) is 0 Å². The Bertz CT molecular complexity index is 503. The van der Waals surface area contributed by atoms with Gasteiger partial charge in [0.1, 0.15) is 5.60 Å². The fourth-order valence-electron chi connectivity index (χ4n) is 2.57. The minimum absolute atomic E-state index is 0.240. The number of ether oxygens (including phenoxy) is 1. The van der Waals surface area contributed by atoms with Gasteiger partial charge in [-0.3, -0.25) is 4.90 Å². The second kappa shape index (κ2) is 6.31. The number of rotatable bonds is 3. The minimum Gasteiger partial charge on any atom is -0.444 e. The Morgan fingerprint density at radius 3 is 2.14 bits per heavy atom. The fraction of sp³-hybridized carbons (Fsp3) is 0.923. The molecule has 9 heteroatoms. The lowest BCUT2D eigenvalue weighted by Crippen LogP contribution is -2.65. The van der Waals surface area contributed by atoms with E-state index in [2.05, 4.69) is 9.62 Å². The first-order valence-corrected chi connectivity index (χ1v) is 8.97. The highest BCUT2D eigenvalue weighted by atomic mass is 32.2. The van der Waals surface area contributed by atoms with Crippen molar-refractivity contribution in [2.24, 2.45) is 0 Å². The maximum atomic E-state index is 12.0. The molecule has 1 N–H and O–H groups in total. The number of piperazine rings is 1. The molecule has 0 aliphatic carbocycles. The van der Waals surface area contributed by atoms with Crippen molar-refractivity contribution in [2.45, 2.75) is 32.4 Å². The van der Waals surface area contributed by atoms with Gasteiger partial charge in [-0.15, -0.1) is 0 Å². The van der Waals surface area contributed by atoms with Gasteiger partial charge in [-0.05, 0) is 20.8 Å². The number of carbonyl (C=O) groups is 1. The molecule has 1 amide bonds. The van der Waals surface area contributed by atoms with Crippen molar-refractivity contribution in [3.63, 3.8) is 0 Å². The highest BCUT2D eigenvalue weighted by molar-refractivity contribution is 7.87. The first-order chi connectivity index (χ1) is 10.1. The van der Waals surface area contributed by atoms with Gasteiger partial charge in [0.05, 0.1) is 0 Å². The number of nitrogens with one attached hydrogen (secondary N) is 1. The van der Waals surface area contributed by atoms with E-state index in [0.29, 0.717) is 26.2 Å². The minimum atomic E-state index is -3.31. The van der Waals surface area contributed by atoms with E-state index in [0.717, 1.165) is 13.1 Å². The molecule has 0 aromatic carbocycles. The average Bonchev–Trinajstić information content (AvgIpc) is 2.35. The van der Waals surface area contributed by atoms with Crippen LogP contribution in [0.25, 0.3) is 0 Å². The van der Waals surface area contributed by atoms with Crippen molar-refractivity contribution in [2.75, 3.05) is 46.3 Å². The summed E-state index contributed by atoms with van der Waals surface area (Å²) < 4.78 is 32.3. The number of amides is 1. The van der Waals surface area contributed by atoms with Crippen LogP contribution in [0.4, 0.5) is 4.79 Å². The molecule has 2 fully saturated rings. The zero-order chi connectivity index (χ0) is 16.5. The van der Waals surface area contributed by atoms with Crippen LogP contribution >= 0.6 is 0 Å². The Morgan fingerprint density at radius 1 is 1.14 bits per heavy atom. The van der Waals surface area contributed by atoms with Gasteiger partial charge in [-0.2, -0.15) is 12.7 Å². The second-order valence-corrected chi connectivity index (χ2v) is 8.56. The number of carbonyl (C=O) groups excluding carboxylic acids is 1. The smallest absolute Gasteiger partial charge is 0.410 e. The summed E-state index contributed by atoms with van der Waals surface area (Å²) in [6.45, 7) is 9.30. The molecule has 8 nitrogen and oxygen atoms in total. The van der Waals surface area contributed by atoms with E-state index >= 15 is 0 Å². The quantitative estimate of drug-likeness (QED) is 0.765. The summed E-state index contributed by atoms with van der Waals surface area (Å²) in [5.41, 5.74) is -0.482. The molecular formula is C13H26N4O4S. The van der Waals surface area contributed by atoms with Crippen LogP contribution < -0.4 is 4.72 Å². The molecular weight excluding hydrogens is 308 g/mol. The van der Waals surface area contributed by atoms with Gasteiger partial charge in [0, 0.05) is 52.4 Å². The lowest BCUT2D eigenvalue weighted by molar-refractivity contribution is 0.000879. The van der Waals surface area contributed by atoms with Crippen LogP contribution in [0.15, 0.2) is 0 Å². The van der Waals surface area contributed by atoms with Crippen molar-refractivity contribution in [1.29, 1.82) is 0 Å². The molecule has 128 valence electrons. The maximum absolute atomic E-state index is 12.0. The van der Waals surface area contributed by atoms with Crippen molar-refractivity contribution in [1.82, 2.24) is 18.8 Å². The Labute approximate surface area is 132 Å². The van der Waals surface area contributed by atoms with Crippen molar-refractivity contribution in [3.05, 3.63) is 0 Å². The Hall–Kier alpha value is -0.900. The second-order valence-electron chi connectivity index (χ2n) is 6.68. The van der Waals surface area contributed by atoms with E-state index in [4.69, 9.17) is 4.74 Å². The molecule has 22 heavy (non-hydrogen) atoms. The molecule has 0 atom stereocenters. The van der Waals surface area contributed by atoms with Gasteiger partial charge in [0.15, 0.2) is 0 Å². The molecule has 2 saturated heterocycles. The zero-order valence-corrected chi connectivity index (χ0v) is 14.5. The van der Waals surface area contributed by atoms with Crippen molar-refractivity contribution >= 4 is 16.3 Å². The SMILES string of the molecule is CNS(=O)(=O)N1CC(N2CCN(C(=O)OC(C)(C)C)CC2)C1. The van der Waals surface area contributed by atoms with Crippen LogP contribution in [-0.4, -0.2) is 86.6 Å². The van der Waals surface area contributed by atoms with Crippen LogP contribution in [0.2, 0.25) is 0 Å². The monoisotopic (exact) mass is 334 g/mol. The molecule has 0 bridgehead atoms. The van der Waals surface area contributed by atoms with Crippen molar-refractivity contribution in [3.8, 4) is 0 Å². The molecule has 2 aliphatic rings. The number of hydrogen-bond donors (Lipinski definition) is 1. The van der Waals surface area contributed by atoms with Gasteiger partial charge >= 0.3 is 6.09 Å². The number of hydrogen-bond acceptors (Lipinski definition) is 5. The molecule has 0 spiro atoms. The molecule has 0 saturated carbocycles. The summed E-state index contributed by atoms with van der Waals surface area (Å²) in [6, 6.07) is 0.240. The molecule has 0 radical (unpaired) electrons. The molecule has 2 rings (SSSR count). The largest absolute Gasteiger partial charge is 0.444 e. The Kier molecular flexibility index (Phi) is 5.00. The van der Waals surface area contributed by atoms with E-state index in [1.165, 1.54) is 11.4 Å². The van der Waals surface area contributed by atoms with E-state index in [9.17, 15) is 13.2 Å². The standard InChI is InChI=1S/C13H26N4O4S/c1-13(2,3)21-12(18)16-7-5-15(6-8-16)11-9-17(10-11)22(19,20)14-4/h11,14H,5-10H2,1-4H3. The summed E-state index contributed by atoms with van der Waals surface area (Å²) >= 11 is 0. The molecule has 0 aromatic heterocycles. The first kappa shape index (κ1) is 17.5. The Morgan fingerprint density at radius 2 is 1.68 bits per heavy atom. The Balaban J connectivity index is 1.76. The average molecular weight is 334 g/mol. The van der Waals surface area contributed by atoms with Crippen LogP contribution in [0.5, 0.6) is 0 Å². The highest BCUT2D eigenvalue weighted by Crippen LogP contribution is 2.20. The zero-order valence-electron chi connectivity index (χ0n) is 13.7. The lowest BCUT2D eigenvalue weighted by atomic mass is 10.1. The normalized spacial score (nSPS) is 22.5. The van der Waals surface area contributed by atoms with E-state index < -0.39 is 15.8 Å². The fourth-order valence-corrected chi connectivity index (χ4v) is 3.56. The highest BCUT2D eigenvalue weighted by Gasteiger charge is 2.39. The van der Waals surface area contributed by atoms with Gasteiger partial charge in [-0.1, -0.05) is 0 Å². The molecule has 2 heterocycles. The molecule has 2 aliphatic heterocycles. The van der Waals surface area contributed by atoms with Crippen LogP contribution in [0.1, 0.15) is 20.8 Å². The third-order valence-corrected chi connectivity index (χ3v) is 5.40.